The molecule has 1 rings (SSSR count). The van der Waals surface area contributed by atoms with Crippen LogP contribution in [0.5, 0.6) is 0 Å². The van der Waals surface area contributed by atoms with E-state index in [1.807, 2.05) is 20.8 Å². The highest BCUT2D eigenvalue weighted by atomic mass is 32.2. The lowest BCUT2D eigenvalue weighted by Crippen LogP contribution is -2.29. The third kappa shape index (κ3) is 1.44. The Labute approximate surface area is 77.9 Å². The molecule has 12 heavy (non-hydrogen) atoms. The molecule has 1 aliphatic rings. The monoisotopic (exact) mass is 189 g/mol. The van der Waals surface area contributed by atoms with Crippen molar-refractivity contribution in [3.05, 3.63) is 0 Å². The van der Waals surface area contributed by atoms with Gasteiger partial charge in [0.2, 0.25) is 0 Å². The molecule has 0 amide bonds. The standard InChI is InChI=1S/C9H19NOS/c1-7-9(5,6)10(7)12(11)8(2,3)4/h7H,1-6H3. The van der Waals surface area contributed by atoms with Crippen molar-refractivity contribution in [3.63, 3.8) is 0 Å². The molecule has 72 valence electrons. The van der Waals surface area contributed by atoms with Gasteiger partial charge in [-0.05, 0) is 41.5 Å². The van der Waals surface area contributed by atoms with Gasteiger partial charge in [0, 0.05) is 11.6 Å². The minimum atomic E-state index is -0.844. The number of hydrogen-bond acceptors (Lipinski definition) is 1. The summed E-state index contributed by atoms with van der Waals surface area (Å²) >= 11 is 0. The van der Waals surface area contributed by atoms with E-state index in [1.165, 1.54) is 0 Å². The van der Waals surface area contributed by atoms with E-state index in [0.717, 1.165) is 0 Å². The summed E-state index contributed by atoms with van der Waals surface area (Å²) in [6.07, 6.45) is 0. The van der Waals surface area contributed by atoms with Crippen LogP contribution in [0.1, 0.15) is 41.5 Å². The molecule has 0 aromatic carbocycles. The molecule has 2 nitrogen and oxygen atoms in total. The number of nitrogens with zero attached hydrogens (tertiary/aromatic N) is 1. The third-order valence-electron chi connectivity index (χ3n) is 2.58. The molecule has 0 bridgehead atoms. The predicted molar refractivity (Wildman–Crippen MR) is 53.3 cm³/mol. The molecule has 1 heterocycles. The molecule has 3 unspecified atom stereocenters. The van der Waals surface area contributed by atoms with Gasteiger partial charge < -0.3 is 0 Å². The molecule has 1 aliphatic heterocycles. The van der Waals surface area contributed by atoms with Crippen molar-refractivity contribution in [2.45, 2.75) is 57.9 Å². The molecule has 0 aromatic rings. The highest BCUT2D eigenvalue weighted by molar-refractivity contribution is 7.84. The molecule has 3 atom stereocenters. The van der Waals surface area contributed by atoms with Gasteiger partial charge in [-0.3, -0.25) is 0 Å². The second-order valence-electron chi connectivity index (χ2n) is 5.02. The van der Waals surface area contributed by atoms with Crippen molar-refractivity contribution in [3.8, 4) is 0 Å². The SMILES string of the molecule is CC1N(S(=O)C(C)(C)C)C1(C)C. The van der Waals surface area contributed by atoms with Crippen molar-refractivity contribution in [1.82, 2.24) is 4.31 Å². The first-order valence-corrected chi connectivity index (χ1v) is 5.51. The zero-order chi connectivity index (χ0) is 9.73. The Morgan fingerprint density at radius 2 is 1.67 bits per heavy atom. The van der Waals surface area contributed by atoms with E-state index in [0.29, 0.717) is 6.04 Å². The Balaban J connectivity index is 2.72. The van der Waals surface area contributed by atoms with E-state index >= 15 is 0 Å². The van der Waals surface area contributed by atoms with E-state index < -0.39 is 11.0 Å². The topological polar surface area (TPSA) is 20.1 Å². The highest BCUT2D eigenvalue weighted by Gasteiger charge is 2.57. The Morgan fingerprint density at radius 3 is 1.75 bits per heavy atom. The van der Waals surface area contributed by atoms with Crippen LogP contribution in [0, 0.1) is 0 Å². The Morgan fingerprint density at radius 1 is 1.33 bits per heavy atom. The summed E-state index contributed by atoms with van der Waals surface area (Å²) in [6.45, 7) is 12.5. The lowest BCUT2D eigenvalue weighted by atomic mass is 10.2. The average Bonchev–Trinajstić information content (AvgIpc) is 2.30. The van der Waals surface area contributed by atoms with Crippen LogP contribution in [0.4, 0.5) is 0 Å². The Hall–Kier alpha value is 0.110. The van der Waals surface area contributed by atoms with Crippen molar-refractivity contribution in [2.24, 2.45) is 0 Å². The first-order chi connectivity index (χ1) is 5.19. The van der Waals surface area contributed by atoms with E-state index in [9.17, 15) is 4.21 Å². The molecule has 0 N–H and O–H groups in total. The Bertz CT molecular complexity index is 217. The fraction of sp³-hybridized carbons (Fsp3) is 1.00. The normalized spacial score (nSPS) is 36.2. The maximum Gasteiger partial charge on any atom is 0.101 e. The van der Waals surface area contributed by atoms with Crippen molar-refractivity contribution in [2.75, 3.05) is 0 Å². The quantitative estimate of drug-likeness (QED) is 0.577. The van der Waals surface area contributed by atoms with Crippen molar-refractivity contribution >= 4 is 11.0 Å². The number of hydrogen-bond donors (Lipinski definition) is 0. The van der Waals surface area contributed by atoms with Gasteiger partial charge in [-0.15, -0.1) is 0 Å². The van der Waals surface area contributed by atoms with Crippen LogP contribution >= 0.6 is 0 Å². The zero-order valence-electron chi connectivity index (χ0n) is 8.84. The van der Waals surface area contributed by atoms with Crippen LogP contribution in [0.15, 0.2) is 0 Å². The van der Waals surface area contributed by atoms with E-state index in [2.05, 4.69) is 25.1 Å². The smallest absolute Gasteiger partial charge is 0.101 e. The van der Waals surface area contributed by atoms with Crippen LogP contribution in [-0.4, -0.2) is 24.8 Å². The van der Waals surface area contributed by atoms with Gasteiger partial charge >= 0.3 is 0 Å². The Kier molecular flexibility index (Phi) is 2.16. The van der Waals surface area contributed by atoms with Gasteiger partial charge in [0.1, 0.15) is 11.0 Å². The van der Waals surface area contributed by atoms with Gasteiger partial charge in [0.15, 0.2) is 0 Å². The lowest BCUT2D eigenvalue weighted by Gasteiger charge is -2.19. The summed E-state index contributed by atoms with van der Waals surface area (Å²) in [6, 6.07) is 0.456. The summed E-state index contributed by atoms with van der Waals surface area (Å²) in [5, 5.41) is 0. The predicted octanol–water partition coefficient (Wildman–Crippen LogP) is 1.93. The minimum Gasteiger partial charge on any atom is -0.242 e. The van der Waals surface area contributed by atoms with E-state index in [1.54, 1.807) is 0 Å². The van der Waals surface area contributed by atoms with Crippen LogP contribution < -0.4 is 0 Å². The van der Waals surface area contributed by atoms with Crippen LogP contribution in [0.3, 0.4) is 0 Å². The molecular weight excluding hydrogens is 170 g/mol. The molecular formula is C9H19NOS. The second-order valence-corrected chi connectivity index (χ2v) is 7.13. The molecule has 0 aromatic heterocycles. The highest BCUT2D eigenvalue weighted by Crippen LogP contribution is 2.43. The third-order valence-corrected chi connectivity index (χ3v) is 4.77. The van der Waals surface area contributed by atoms with E-state index in [-0.39, 0.29) is 10.3 Å². The van der Waals surface area contributed by atoms with Crippen molar-refractivity contribution in [1.29, 1.82) is 0 Å². The second kappa shape index (κ2) is 2.55. The van der Waals surface area contributed by atoms with Crippen LogP contribution in [0.25, 0.3) is 0 Å². The van der Waals surface area contributed by atoms with Crippen LogP contribution in [-0.2, 0) is 11.0 Å². The molecule has 0 aliphatic carbocycles. The molecule has 0 radical (unpaired) electrons. The summed E-state index contributed by atoms with van der Waals surface area (Å²) < 4.78 is 13.8. The van der Waals surface area contributed by atoms with Gasteiger partial charge in [-0.25, -0.2) is 8.51 Å². The lowest BCUT2D eigenvalue weighted by molar-refractivity contribution is 0.571. The van der Waals surface area contributed by atoms with Gasteiger partial charge in [-0.2, -0.15) is 0 Å². The zero-order valence-corrected chi connectivity index (χ0v) is 9.66. The summed E-state index contributed by atoms with van der Waals surface area (Å²) in [5.41, 5.74) is 0.137. The largest absolute Gasteiger partial charge is 0.242 e. The van der Waals surface area contributed by atoms with Crippen LogP contribution in [0.2, 0.25) is 0 Å². The summed E-state index contributed by atoms with van der Waals surface area (Å²) in [7, 11) is -0.844. The fourth-order valence-corrected chi connectivity index (χ4v) is 2.96. The van der Waals surface area contributed by atoms with E-state index in [4.69, 9.17) is 0 Å². The first kappa shape index (κ1) is 10.2. The van der Waals surface area contributed by atoms with Gasteiger partial charge in [0.05, 0.1) is 4.75 Å². The summed E-state index contributed by atoms with van der Waals surface area (Å²) in [5.74, 6) is 0. The molecule has 0 saturated carbocycles. The average molecular weight is 189 g/mol. The summed E-state index contributed by atoms with van der Waals surface area (Å²) in [4.78, 5) is 0. The minimum absolute atomic E-state index is 0.123. The molecule has 1 saturated heterocycles. The van der Waals surface area contributed by atoms with Gasteiger partial charge in [0.25, 0.3) is 0 Å². The molecule has 0 spiro atoms. The number of rotatable bonds is 1. The molecule has 1 fully saturated rings. The van der Waals surface area contributed by atoms with Gasteiger partial charge in [-0.1, -0.05) is 0 Å². The van der Waals surface area contributed by atoms with Crippen molar-refractivity contribution < 1.29 is 4.21 Å². The molecule has 3 heteroatoms. The maximum absolute atomic E-state index is 11.9. The maximum atomic E-state index is 11.9. The fourth-order valence-electron chi connectivity index (χ4n) is 1.30. The first-order valence-electron chi connectivity index (χ1n) is 4.40.